The molecule has 0 saturated heterocycles. The number of hydrogen-bond acceptors (Lipinski definition) is 6. The van der Waals surface area contributed by atoms with Crippen molar-refractivity contribution in [1.82, 2.24) is 15.0 Å². The molecule has 108 valence electrons. The largest absolute Gasteiger partial charge is 0.316 e. The number of sulfone groups is 1. The molecule has 1 aromatic heterocycles. The Morgan fingerprint density at radius 3 is 2.32 bits per heavy atom. The SMILES string of the molecule is CNC(C)CNS(=O)(=O)c1ccc(S(C)(=O)=O)nc1. The zero-order valence-corrected chi connectivity index (χ0v) is 12.5. The molecule has 0 fully saturated rings. The van der Waals surface area contributed by atoms with E-state index in [-0.39, 0.29) is 22.5 Å². The van der Waals surface area contributed by atoms with Crippen molar-refractivity contribution < 1.29 is 16.8 Å². The first-order valence-corrected chi connectivity index (χ1v) is 8.87. The molecule has 1 unspecified atom stereocenters. The third kappa shape index (κ3) is 4.53. The molecular formula is C10H17N3O4S2. The number of nitrogens with zero attached hydrogens (tertiary/aromatic N) is 1. The minimum Gasteiger partial charge on any atom is -0.316 e. The summed E-state index contributed by atoms with van der Waals surface area (Å²) < 4.78 is 48.6. The first-order chi connectivity index (χ1) is 8.66. The minimum absolute atomic E-state index is 0.0157. The van der Waals surface area contributed by atoms with Crippen LogP contribution in [0, 0.1) is 0 Å². The van der Waals surface area contributed by atoms with Gasteiger partial charge >= 0.3 is 0 Å². The molecule has 0 radical (unpaired) electrons. The maximum absolute atomic E-state index is 11.9. The summed E-state index contributed by atoms with van der Waals surface area (Å²) in [4.78, 5) is 3.57. The average molecular weight is 307 g/mol. The Labute approximate surface area is 113 Å². The lowest BCUT2D eigenvalue weighted by Gasteiger charge is -2.11. The fraction of sp³-hybridized carbons (Fsp3) is 0.500. The second-order valence-electron chi connectivity index (χ2n) is 4.15. The predicted octanol–water partition coefficient (Wildman–Crippen LogP) is -0.629. The van der Waals surface area contributed by atoms with Gasteiger partial charge in [-0.1, -0.05) is 0 Å². The van der Waals surface area contributed by atoms with Crippen molar-refractivity contribution in [3.63, 3.8) is 0 Å². The van der Waals surface area contributed by atoms with E-state index in [0.29, 0.717) is 0 Å². The van der Waals surface area contributed by atoms with Crippen LogP contribution < -0.4 is 10.0 Å². The maximum Gasteiger partial charge on any atom is 0.242 e. The maximum atomic E-state index is 11.9. The summed E-state index contributed by atoms with van der Waals surface area (Å²) in [5, 5.41) is 2.74. The van der Waals surface area contributed by atoms with Crippen molar-refractivity contribution in [3.8, 4) is 0 Å². The van der Waals surface area contributed by atoms with Crippen LogP contribution in [0.3, 0.4) is 0 Å². The fourth-order valence-electron chi connectivity index (χ4n) is 1.17. The molecule has 0 saturated carbocycles. The molecule has 1 heterocycles. The molecule has 0 aromatic carbocycles. The van der Waals surface area contributed by atoms with Gasteiger partial charge < -0.3 is 5.32 Å². The molecule has 0 spiro atoms. The van der Waals surface area contributed by atoms with E-state index in [9.17, 15) is 16.8 Å². The minimum atomic E-state index is -3.68. The summed E-state index contributed by atoms with van der Waals surface area (Å²) in [7, 11) is -5.38. The third-order valence-electron chi connectivity index (χ3n) is 2.47. The summed E-state index contributed by atoms with van der Waals surface area (Å²) in [5.74, 6) is 0. The number of sulfonamides is 1. The van der Waals surface area contributed by atoms with E-state index in [1.807, 2.05) is 6.92 Å². The molecule has 1 atom stereocenters. The molecule has 0 aliphatic rings. The number of aromatic nitrogens is 1. The van der Waals surface area contributed by atoms with Crippen molar-refractivity contribution >= 4 is 19.9 Å². The molecule has 7 nitrogen and oxygen atoms in total. The van der Waals surface area contributed by atoms with Crippen molar-refractivity contribution in [2.45, 2.75) is 22.9 Å². The van der Waals surface area contributed by atoms with Gasteiger partial charge in [0.2, 0.25) is 10.0 Å². The van der Waals surface area contributed by atoms with Gasteiger partial charge in [-0.3, -0.25) is 0 Å². The van der Waals surface area contributed by atoms with Crippen molar-refractivity contribution in [2.75, 3.05) is 19.8 Å². The molecular weight excluding hydrogens is 290 g/mol. The van der Waals surface area contributed by atoms with E-state index in [1.54, 1.807) is 7.05 Å². The lowest BCUT2D eigenvalue weighted by Crippen LogP contribution is -2.37. The molecule has 0 bridgehead atoms. The molecule has 2 N–H and O–H groups in total. The summed E-state index contributed by atoms with van der Waals surface area (Å²) in [6.45, 7) is 2.06. The lowest BCUT2D eigenvalue weighted by molar-refractivity contribution is 0.553. The topological polar surface area (TPSA) is 105 Å². The van der Waals surface area contributed by atoms with Crippen LogP contribution >= 0.6 is 0 Å². The smallest absolute Gasteiger partial charge is 0.242 e. The standard InChI is InChI=1S/C10H17N3O4S2/c1-8(11-2)6-13-19(16,17)9-4-5-10(12-7-9)18(3,14)15/h4-5,7-8,11,13H,6H2,1-3H3. The van der Waals surface area contributed by atoms with Gasteiger partial charge in [-0.05, 0) is 26.1 Å². The molecule has 0 aliphatic heterocycles. The molecule has 1 rings (SSSR count). The van der Waals surface area contributed by atoms with Crippen molar-refractivity contribution in [2.24, 2.45) is 0 Å². The second-order valence-corrected chi connectivity index (χ2v) is 7.88. The van der Waals surface area contributed by atoms with Crippen LogP contribution in [0.2, 0.25) is 0 Å². The normalized spacial score (nSPS) is 14.3. The first kappa shape index (κ1) is 16.0. The van der Waals surface area contributed by atoms with Crippen molar-refractivity contribution in [3.05, 3.63) is 18.3 Å². The van der Waals surface area contributed by atoms with Gasteiger partial charge in [-0.15, -0.1) is 0 Å². The fourth-order valence-corrected chi connectivity index (χ4v) is 2.80. The Morgan fingerprint density at radius 1 is 1.26 bits per heavy atom. The number of likely N-dealkylation sites (N-methyl/N-ethyl adjacent to an activating group) is 1. The molecule has 19 heavy (non-hydrogen) atoms. The highest BCUT2D eigenvalue weighted by Gasteiger charge is 2.17. The van der Waals surface area contributed by atoms with Gasteiger partial charge in [0, 0.05) is 25.0 Å². The van der Waals surface area contributed by atoms with Crippen LogP contribution in [0.5, 0.6) is 0 Å². The number of rotatable bonds is 6. The Kier molecular flexibility index (Phi) is 5.02. The monoisotopic (exact) mass is 307 g/mol. The molecule has 0 amide bonds. The quantitative estimate of drug-likeness (QED) is 0.725. The van der Waals surface area contributed by atoms with Crippen LogP contribution in [0.25, 0.3) is 0 Å². The van der Waals surface area contributed by atoms with Crippen LogP contribution in [0.15, 0.2) is 28.3 Å². The van der Waals surface area contributed by atoms with Crippen LogP contribution in [-0.2, 0) is 19.9 Å². The summed E-state index contributed by atoms with van der Waals surface area (Å²) in [5.41, 5.74) is 0. The van der Waals surface area contributed by atoms with Gasteiger partial charge in [0.25, 0.3) is 0 Å². The first-order valence-electron chi connectivity index (χ1n) is 5.50. The number of nitrogens with one attached hydrogen (secondary N) is 2. The van der Waals surface area contributed by atoms with Crippen LogP contribution in [0.1, 0.15) is 6.92 Å². The zero-order chi connectivity index (χ0) is 14.7. The molecule has 0 aliphatic carbocycles. The van der Waals surface area contributed by atoms with Crippen molar-refractivity contribution in [1.29, 1.82) is 0 Å². The highest BCUT2D eigenvalue weighted by Crippen LogP contribution is 2.10. The average Bonchev–Trinajstić information content (AvgIpc) is 2.35. The number of pyridine rings is 1. The molecule has 9 heteroatoms. The van der Waals surface area contributed by atoms with E-state index < -0.39 is 19.9 Å². The Hall–Kier alpha value is -1.03. The van der Waals surface area contributed by atoms with Gasteiger partial charge in [0.15, 0.2) is 14.9 Å². The van der Waals surface area contributed by atoms with Crippen LogP contribution in [-0.4, -0.2) is 47.7 Å². The van der Waals surface area contributed by atoms with E-state index in [0.717, 1.165) is 12.5 Å². The third-order valence-corrected chi connectivity index (χ3v) is 4.88. The Balaban J connectivity index is 2.91. The van der Waals surface area contributed by atoms with Gasteiger partial charge in [-0.25, -0.2) is 26.5 Å². The predicted molar refractivity (Wildman–Crippen MR) is 71.1 cm³/mol. The van der Waals surface area contributed by atoms with Gasteiger partial charge in [-0.2, -0.15) is 0 Å². The van der Waals surface area contributed by atoms with Crippen LogP contribution in [0.4, 0.5) is 0 Å². The highest BCUT2D eigenvalue weighted by molar-refractivity contribution is 7.90. The van der Waals surface area contributed by atoms with E-state index >= 15 is 0 Å². The highest BCUT2D eigenvalue weighted by atomic mass is 32.2. The van der Waals surface area contributed by atoms with Gasteiger partial charge in [0.1, 0.15) is 4.90 Å². The summed E-state index contributed by atoms with van der Waals surface area (Å²) >= 11 is 0. The summed E-state index contributed by atoms with van der Waals surface area (Å²) in [6, 6.07) is 2.37. The Bertz CT molecular complexity index is 623. The summed E-state index contributed by atoms with van der Waals surface area (Å²) in [6.07, 6.45) is 2.04. The number of hydrogen-bond donors (Lipinski definition) is 2. The lowest BCUT2D eigenvalue weighted by atomic mass is 10.4. The Morgan fingerprint density at radius 2 is 1.89 bits per heavy atom. The molecule has 1 aromatic rings. The van der Waals surface area contributed by atoms with E-state index in [1.165, 1.54) is 12.1 Å². The zero-order valence-electron chi connectivity index (χ0n) is 10.9. The van der Waals surface area contributed by atoms with Gasteiger partial charge in [0.05, 0.1) is 0 Å². The van der Waals surface area contributed by atoms with E-state index in [4.69, 9.17) is 0 Å². The second kappa shape index (κ2) is 5.95. The van der Waals surface area contributed by atoms with E-state index in [2.05, 4.69) is 15.0 Å².